The van der Waals surface area contributed by atoms with E-state index in [0.717, 1.165) is 5.56 Å². The molecular weight excluding hydrogens is 598 g/mol. The Balaban J connectivity index is 1.41. The van der Waals surface area contributed by atoms with Gasteiger partial charge in [0, 0.05) is 48.3 Å². The Morgan fingerprint density at radius 1 is 1.13 bits per heavy atom. The second-order valence-corrected chi connectivity index (χ2v) is 10.6. The van der Waals surface area contributed by atoms with Crippen molar-refractivity contribution in [2.24, 2.45) is 22.2 Å². The molecule has 0 unspecified atom stereocenters. The molecule has 13 nitrogen and oxygen atoms in total. The first kappa shape index (κ1) is 33.6. The number of hydrogen-bond donors (Lipinski definition) is 6. The Morgan fingerprint density at radius 3 is 2.63 bits per heavy atom. The van der Waals surface area contributed by atoms with Gasteiger partial charge in [0.2, 0.25) is 11.7 Å². The first-order valence-electron chi connectivity index (χ1n) is 14.7. The van der Waals surface area contributed by atoms with E-state index in [9.17, 15) is 18.4 Å². The van der Waals surface area contributed by atoms with Crippen LogP contribution in [0, 0.1) is 11.6 Å². The average molecular weight is 637 g/mol. The van der Waals surface area contributed by atoms with Gasteiger partial charge >= 0.3 is 0 Å². The van der Waals surface area contributed by atoms with Gasteiger partial charge in [-0.2, -0.15) is 4.39 Å². The maximum atomic E-state index is 14.8. The molecule has 2 aromatic carbocycles. The number of anilines is 2. The smallest absolute Gasteiger partial charge is 0.251 e. The van der Waals surface area contributed by atoms with Crippen LogP contribution in [0.15, 0.2) is 53.9 Å². The van der Waals surface area contributed by atoms with E-state index in [1.165, 1.54) is 31.6 Å². The van der Waals surface area contributed by atoms with Crippen molar-refractivity contribution in [2.45, 2.75) is 45.2 Å². The van der Waals surface area contributed by atoms with Crippen LogP contribution in [-0.4, -0.2) is 64.4 Å². The molecule has 0 aliphatic carbocycles. The molecule has 2 aromatic heterocycles. The molecule has 244 valence electrons. The Bertz CT molecular complexity index is 1740. The van der Waals surface area contributed by atoms with Crippen molar-refractivity contribution in [2.75, 3.05) is 25.5 Å². The number of rotatable bonds is 14. The van der Waals surface area contributed by atoms with Crippen molar-refractivity contribution in [3.8, 4) is 17.0 Å². The van der Waals surface area contributed by atoms with Crippen molar-refractivity contribution >= 4 is 34.9 Å². The Kier molecular flexibility index (Phi) is 11.0. The molecule has 0 saturated heterocycles. The second kappa shape index (κ2) is 15.1. The minimum Gasteiger partial charge on any atom is -0.494 e. The lowest BCUT2D eigenvalue weighted by atomic mass is 10.0. The number of guanidine groups is 1. The normalized spacial score (nSPS) is 12.3. The summed E-state index contributed by atoms with van der Waals surface area (Å²) >= 11 is 0. The summed E-state index contributed by atoms with van der Waals surface area (Å²) in [4.78, 5) is 38.1. The molecule has 9 N–H and O–H groups in total. The zero-order chi connectivity index (χ0) is 33.4. The molecule has 0 bridgehead atoms. The summed E-state index contributed by atoms with van der Waals surface area (Å²) in [5.74, 6) is -2.59. The van der Waals surface area contributed by atoms with E-state index in [0.29, 0.717) is 54.2 Å². The Hall–Kier alpha value is -5.31. The highest BCUT2D eigenvalue weighted by Crippen LogP contribution is 2.31. The highest BCUT2D eigenvalue weighted by atomic mass is 19.2. The second-order valence-electron chi connectivity index (χ2n) is 10.6. The molecule has 2 amide bonds. The molecule has 0 saturated carbocycles. The summed E-state index contributed by atoms with van der Waals surface area (Å²) in [6.07, 6.45) is 6.08. The van der Waals surface area contributed by atoms with Gasteiger partial charge in [-0.25, -0.2) is 14.4 Å². The molecule has 0 aliphatic heterocycles. The fraction of sp³-hybridized carbons (Fsp3) is 0.323. The summed E-state index contributed by atoms with van der Waals surface area (Å²) in [7, 11) is 1.26. The van der Waals surface area contributed by atoms with Crippen LogP contribution in [0.5, 0.6) is 5.75 Å². The number of aromatic nitrogens is 3. The first-order valence-corrected chi connectivity index (χ1v) is 14.7. The van der Waals surface area contributed by atoms with E-state index in [-0.39, 0.29) is 41.7 Å². The fourth-order valence-electron chi connectivity index (χ4n) is 4.80. The van der Waals surface area contributed by atoms with Crippen molar-refractivity contribution in [1.29, 1.82) is 0 Å². The third-order valence-corrected chi connectivity index (χ3v) is 7.23. The molecule has 0 spiro atoms. The van der Waals surface area contributed by atoms with E-state index < -0.39 is 17.7 Å². The van der Waals surface area contributed by atoms with Crippen molar-refractivity contribution in [1.82, 2.24) is 25.0 Å². The summed E-state index contributed by atoms with van der Waals surface area (Å²) in [5.41, 5.74) is 19.2. The van der Waals surface area contributed by atoms with Crippen LogP contribution in [0.4, 0.5) is 20.3 Å². The van der Waals surface area contributed by atoms with E-state index >= 15 is 0 Å². The fourth-order valence-corrected chi connectivity index (χ4v) is 4.80. The maximum absolute atomic E-state index is 14.8. The van der Waals surface area contributed by atoms with E-state index in [4.69, 9.17) is 21.9 Å². The quantitative estimate of drug-likeness (QED) is 0.0684. The lowest BCUT2D eigenvalue weighted by molar-refractivity contribution is -0.122. The number of hydrogen-bond acceptors (Lipinski definition) is 8. The van der Waals surface area contributed by atoms with Crippen LogP contribution < -0.4 is 37.9 Å². The standard InChI is InChI=1S/C31H38F2N10O3/c1-4-18-14-19(7-8-20(18)29(44)41-17(2)15-40-30(45)22(34)6-5-11-38-31(35)36)42-27-28-39-16-23(43(28)13-12-37-27)21-9-10-24(46-3)26(33)25(21)32/h7-10,12-14,16-17,22H,4-6,11,15,34H2,1-3H3,(H,37,42)(H,40,45)(H,41,44)(H4,35,36,38)/t17-,22+/m1/s1. The monoisotopic (exact) mass is 636 g/mol. The molecular formula is C31H38F2N10O3. The molecule has 15 heteroatoms. The van der Waals surface area contributed by atoms with Gasteiger partial charge in [0.25, 0.3) is 5.91 Å². The van der Waals surface area contributed by atoms with Crippen molar-refractivity contribution < 1.29 is 23.1 Å². The molecule has 0 fully saturated rings. The maximum Gasteiger partial charge on any atom is 0.251 e. The minimum atomic E-state index is -1.09. The molecule has 4 aromatic rings. The van der Waals surface area contributed by atoms with Gasteiger partial charge in [-0.05, 0) is 62.1 Å². The number of carbonyl (C=O) groups is 2. The number of halogens is 2. The lowest BCUT2D eigenvalue weighted by Gasteiger charge is -2.18. The molecule has 0 aliphatic rings. The van der Waals surface area contributed by atoms with Gasteiger partial charge in [0.1, 0.15) is 0 Å². The molecule has 4 rings (SSSR count). The number of ether oxygens (including phenoxy) is 1. The van der Waals surface area contributed by atoms with Gasteiger partial charge in [0.15, 0.2) is 29.0 Å². The number of benzene rings is 2. The zero-order valence-corrected chi connectivity index (χ0v) is 25.8. The molecule has 2 atom stereocenters. The van der Waals surface area contributed by atoms with Gasteiger partial charge in [-0.15, -0.1) is 0 Å². The largest absolute Gasteiger partial charge is 0.494 e. The predicted molar refractivity (Wildman–Crippen MR) is 172 cm³/mol. The number of nitrogens with zero attached hydrogens (tertiary/aromatic N) is 4. The van der Waals surface area contributed by atoms with Crippen LogP contribution in [0.1, 0.15) is 42.6 Å². The average Bonchev–Trinajstić information content (AvgIpc) is 3.47. The van der Waals surface area contributed by atoms with Gasteiger partial charge < -0.3 is 37.9 Å². The Morgan fingerprint density at radius 2 is 1.91 bits per heavy atom. The number of fused-ring (bicyclic) bond motifs is 1. The van der Waals surface area contributed by atoms with Crippen LogP contribution in [0.2, 0.25) is 0 Å². The minimum absolute atomic E-state index is 0.0121. The van der Waals surface area contributed by atoms with E-state index in [1.54, 1.807) is 29.7 Å². The van der Waals surface area contributed by atoms with E-state index in [1.807, 2.05) is 13.0 Å². The number of imidazole rings is 1. The first-order chi connectivity index (χ1) is 22.0. The third kappa shape index (κ3) is 7.85. The molecule has 2 heterocycles. The van der Waals surface area contributed by atoms with Gasteiger partial charge in [-0.3, -0.25) is 19.0 Å². The SMILES string of the molecule is CCc1cc(Nc2nccn3c(-c4ccc(OC)c(F)c4F)cnc23)ccc1C(=O)N[C@H](C)CNC(=O)[C@@H](N)CCCN=C(N)N. The predicted octanol–water partition coefficient (Wildman–Crippen LogP) is 2.60. The topological polar surface area (TPSA) is 200 Å². The zero-order valence-electron chi connectivity index (χ0n) is 25.8. The summed E-state index contributed by atoms with van der Waals surface area (Å²) in [5, 5.41) is 8.88. The van der Waals surface area contributed by atoms with Crippen LogP contribution in [0.25, 0.3) is 16.9 Å². The van der Waals surface area contributed by atoms with Crippen LogP contribution in [-0.2, 0) is 11.2 Å². The summed E-state index contributed by atoms with van der Waals surface area (Å²) in [6, 6.07) is 6.95. The molecule has 0 radical (unpaired) electrons. The van der Waals surface area contributed by atoms with Gasteiger partial charge in [0.05, 0.1) is 25.0 Å². The third-order valence-electron chi connectivity index (χ3n) is 7.23. The number of methoxy groups -OCH3 is 1. The lowest BCUT2D eigenvalue weighted by Crippen LogP contribution is -2.47. The van der Waals surface area contributed by atoms with Crippen LogP contribution >= 0.6 is 0 Å². The number of nitrogens with one attached hydrogen (secondary N) is 3. The number of amides is 2. The van der Waals surface area contributed by atoms with Gasteiger partial charge in [-0.1, -0.05) is 6.92 Å². The number of carbonyl (C=O) groups excluding carboxylic acids is 2. The highest BCUT2D eigenvalue weighted by Gasteiger charge is 2.20. The number of nitrogens with two attached hydrogens (primary N) is 3. The molecule has 46 heavy (non-hydrogen) atoms. The summed E-state index contributed by atoms with van der Waals surface area (Å²) < 4.78 is 35.7. The Labute approximate surface area is 264 Å². The van der Waals surface area contributed by atoms with E-state index in [2.05, 4.69) is 30.9 Å². The number of aliphatic imine (C=N–C) groups is 1. The van der Waals surface area contributed by atoms with Crippen LogP contribution in [0.3, 0.4) is 0 Å². The number of aryl methyl sites for hydroxylation is 1. The van der Waals surface area contributed by atoms with Crippen molar-refractivity contribution in [3.63, 3.8) is 0 Å². The highest BCUT2D eigenvalue weighted by molar-refractivity contribution is 5.96. The summed E-state index contributed by atoms with van der Waals surface area (Å²) in [6.45, 7) is 4.29. The van der Waals surface area contributed by atoms with Crippen molar-refractivity contribution in [3.05, 3.63) is 71.7 Å².